The van der Waals surface area contributed by atoms with Gasteiger partial charge in [0.2, 0.25) is 0 Å². The van der Waals surface area contributed by atoms with Crippen LogP contribution in [0.2, 0.25) is 0 Å². The molecule has 18 heavy (non-hydrogen) atoms. The fourth-order valence-corrected chi connectivity index (χ4v) is 2.69. The highest BCUT2D eigenvalue weighted by Gasteiger charge is 2.28. The molecule has 0 atom stereocenters. The van der Waals surface area contributed by atoms with E-state index in [0.717, 1.165) is 25.7 Å². The van der Waals surface area contributed by atoms with Crippen LogP contribution in [-0.4, -0.2) is 22.4 Å². The van der Waals surface area contributed by atoms with Crippen LogP contribution in [0.15, 0.2) is 6.20 Å². The van der Waals surface area contributed by atoms with E-state index in [-0.39, 0.29) is 11.9 Å². The van der Waals surface area contributed by atoms with E-state index in [1.165, 1.54) is 11.3 Å². The Morgan fingerprint density at radius 2 is 2.06 bits per heavy atom. The van der Waals surface area contributed by atoms with Crippen molar-refractivity contribution in [3.63, 3.8) is 0 Å². The van der Waals surface area contributed by atoms with E-state index in [1.54, 1.807) is 0 Å². The smallest absolute Gasteiger partial charge is 0.308 e. The second kappa shape index (κ2) is 5.55. The quantitative estimate of drug-likeness (QED) is 0.775. The Hall–Kier alpha value is -1.32. The van der Waals surface area contributed by atoms with Gasteiger partial charge in [-0.15, -0.1) is 0 Å². The number of hydrogen-bond donors (Lipinski definition) is 0. The number of aryl methyl sites for hydroxylation is 1. The summed E-state index contributed by atoms with van der Waals surface area (Å²) >= 11 is 0. The second-order valence-electron chi connectivity index (χ2n) is 5.12. The summed E-state index contributed by atoms with van der Waals surface area (Å²) < 4.78 is 7.21. The normalized spacial score (nSPS) is 23.9. The summed E-state index contributed by atoms with van der Waals surface area (Å²) in [7, 11) is 0. The molecule has 2 rings (SSSR count). The maximum Gasteiger partial charge on any atom is 0.308 e. The minimum atomic E-state index is -0.0238. The van der Waals surface area contributed by atoms with Gasteiger partial charge in [-0.05, 0) is 52.0 Å². The molecule has 1 saturated carbocycles. The molecule has 0 N–H and O–H groups in total. The molecule has 0 spiro atoms. The van der Waals surface area contributed by atoms with Gasteiger partial charge in [-0.2, -0.15) is 5.10 Å². The first-order valence-electron chi connectivity index (χ1n) is 6.80. The van der Waals surface area contributed by atoms with Crippen molar-refractivity contribution in [1.29, 1.82) is 0 Å². The number of nitrogens with zero attached hydrogens (tertiary/aromatic N) is 2. The summed E-state index contributed by atoms with van der Waals surface area (Å²) in [4.78, 5) is 11.7. The molecule has 0 aliphatic heterocycles. The van der Waals surface area contributed by atoms with Gasteiger partial charge in [0.1, 0.15) is 0 Å². The Balaban J connectivity index is 1.94. The van der Waals surface area contributed by atoms with E-state index >= 15 is 0 Å². The molecule has 1 aliphatic carbocycles. The number of esters is 1. The summed E-state index contributed by atoms with van der Waals surface area (Å²) in [5, 5.41) is 4.45. The van der Waals surface area contributed by atoms with Crippen molar-refractivity contribution in [1.82, 2.24) is 9.78 Å². The molecule has 1 aromatic heterocycles. The van der Waals surface area contributed by atoms with Crippen molar-refractivity contribution in [3.05, 3.63) is 17.5 Å². The fraction of sp³-hybridized carbons (Fsp3) is 0.714. The Morgan fingerprint density at radius 3 is 2.56 bits per heavy atom. The van der Waals surface area contributed by atoms with Gasteiger partial charge in [-0.25, -0.2) is 0 Å². The lowest BCUT2D eigenvalue weighted by molar-refractivity contribution is -0.149. The average molecular weight is 250 g/mol. The van der Waals surface area contributed by atoms with Gasteiger partial charge < -0.3 is 4.74 Å². The van der Waals surface area contributed by atoms with Crippen molar-refractivity contribution in [2.75, 3.05) is 6.61 Å². The molecule has 0 bridgehead atoms. The third-order valence-corrected chi connectivity index (χ3v) is 3.95. The first-order valence-corrected chi connectivity index (χ1v) is 6.80. The van der Waals surface area contributed by atoms with Crippen molar-refractivity contribution in [2.24, 2.45) is 5.92 Å². The lowest BCUT2D eigenvalue weighted by Crippen LogP contribution is -2.26. The minimum absolute atomic E-state index is 0.0238. The van der Waals surface area contributed by atoms with Gasteiger partial charge in [0.25, 0.3) is 0 Å². The van der Waals surface area contributed by atoms with Gasteiger partial charge >= 0.3 is 5.97 Å². The molecule has 100 valence electrons. The van der Waals surface area contributed by atoms with E-state index in [1.807, 2.05) is 13.1 Å². The zero-order chi connectivity index (χ0) is 13.1. The highest BCUT2D eigenvalue weighted by atomic mass is 16.5. The molecule has 1 aromatic rings. The van der Waals surface area contributed by atoms with E-state index < -0.39 is 0 Å². The molecule has 4 nitrogen and oxygen atoms in total. The van der Waals surface area contributed by atoms with Crippen LogP contribution in [0.3, 0.4) is 0 Å². The summed E-state index contributed by atoms with van der Waals surface area (Å²) in [5.74, 6) is 0.0717. The summed E-state index contributed by atoms with van der Waals surface area (Å²) in [6.45, 7) is 6.54. The Kier molecular flexibility index (Phi) is 4.04. The number of ether oxygens (including phenoxy) is 1. The lowest BCUT2D eigenvalue weighted by Gasteiger charge is -2.28. The Bertz CT molecular complexity index is 417. The minimum Gasteiger partial charge on any atom is -0.466 e. The molecule has 0 amide bonds. The first-order chi connectivity index (χ1) is 8.63. The number of carbonyl (C=O) groups excluding carboxylic acids is 1. The molecule has 4 heteroatoms. The van der Waals surface area contributed by atoms with Gasteiger partial charge in [-0.3, -0.25) is 9.48 Å². The van der Waals surface area contributed by atoms with Crippen molar-refractivity contribution >= 4 is 5.97 Å². The van der Waals surface area contributed by atoms with Gasteiger partial charge in [0.05, 0.1) is 24.8 Å². The SMILES string of the molecule is CCOC(=O)C1CCC(n2ncc(C)c2C)CC1. The molecule has 1 aliphatic rings. The maximum absolute atomic E-state index is 11.7. The highest BCUT2D eigenvalue weighted by Crippen LogP contribution is 2.33. The zero-order valence-corrected chi connectivity index (χ0v) is 11.5. The van der Waals surface area contributed by atoms with Crippen LogP contribution in [0.25, 0.3) is 0 Å². The Morgan fingerprint density at radius 1 is 1.39 bits per heavy atom. The van der Waals surface area contributed by atoms with Crippen LogP contribution in [0.1, 0.15) is 49.9 Å². The first kappa shape index (κ1) is 13.1. The summed E-state index contributed by atoms with van der Waals surface area (Å²) in [6.07, 6.45) is 5.80. The summed E-state index contributed by atoms with van der Waals surface area (Å²) in [6, 6.07) is 0.448. The molecular weight excluding hydrogens is 228 g/mol. The van der Waals surface area contributed by atoms with Crippen molar-refractivity contribution < 1.29 is 9.53 Å². The number of aromatic nitrogens is 2. The summed E-state index contributed by atoms with van der Waals surface area (Å²) in [5.41, 5.74) is 2.48. The third kappa shape index (κ3) is 2.57. The number of rotatable bonds is 3. The number of carbonyl (C=O) groups is 1. The van der Waals surface area contributed by atoms with Crippen molar-refractivity contribution in [3.8, 4) is 0 Å². The van der Waals surface area contributed by atoms with E-state index in [0.29, 0.717) is 12.6 Å². The maximum atomic E-state index is 11.7. The van der Waals surface area contributed by atoms with Crippen LogP contribution in [0.5, 0.6) is 0 Å². The standard InChI is InChI=1S/C14H22N2O2/c1-4-18-14(17)12-5-7-13(8-6-12)16-11(3)10(2)9-15-16/h9,12-13H,4-8H2,1-3H3. The predicted octanol–water partition coefficient (Wildman–Crippen LogP) is 2.79. The van der Waals surface area contributed by atoms with Crippen LogP contribution in [0.4, 0.5) is 0 Å². The molecule has 0 aromatic carbocycles. The second-order valence-corrected chi connectivity index (χ2v) is 5.12. The number of hydrogen-bond acceptors (Lipinski definition) is 3. The van der Waals surface area contributed by atoms with Crippen LogP contribution in [-0.2, 0) is 9.53 Å². The predicted molar refractivity (Wildman–Crippen MR) is 69.3 cm³/mol. The molecule has 1 heterocycles. The van der Waals surface area contributed by atoms with Gasteiger partial charge in [-0.1, -0.05) is 0 Å². The largest absolute Gasteiger partial charge is 0.466 e. The molecule has 1 fully saturated rings. The molecule has 0 saturated heterocycles. The fourth-order valence-electron chi connectivity index (χ4n) is 2.69. The zero-order valence-electron chi connectivity index (χ0n) is 11.5. The van der Waals surface area contributed by atoms with Crippen LogP contribution < -0.4 is 0 Å². The lowest BCUT2D eigenvalue weighted by atomic mass is 9.86. The van der Waals surface area contributed by atoms with Gasteiger partial charge in [0, 0.05) is 5.69 Å². The average Bonchev–Trinajstić information content (AvgIpc) is 2.71. The van der Waals surface area contributed by atoms with Crippen LogP contribution in [0, 0.1) is 19.8 Å². The van der Waals surface area contributed by atoms with E-state index in [9.17, 15) is 4.79 Å². The molecule has 0 unspecified atom stereocenters. The highest BCUT2D eigenvalue weighted by molar-refractivity contribution is 5.72. The molecule has 0 radical (unpaired) electrons. The topological polar surface area (TPSA) is 44.1 Å². The van der Waals surface area contributed by atoms with E-state index in [2.05, 4.69) is 23.6 Å². The Labute approximate surface area is 108 Å². The monoisotopic (exact) mass is 250 g/mol. The van der Waals surface area contributed by atoms with Crippen molar-refractivity contribution in [2.45, 2.75) is 52.5 Å². The van der Waals surface area contributed by atoms with Crippen LogP contribution >= 0.6 is 0 Å². The van der Waals surface area contributed by atoms with Gasteiger partial charge in [0.15, 0.2) is 0 Å². The third-order valence-electron chi connectivity index (χ3n) is 3.95. The molecular formula is C14H22N2O2. The van der Waals surface area contributed by atoms with E-state index in [4.69, 9.17) is 4.74 Å².